The van der Waals surface area contributed by atoms with Crippen molar-refractivity contribution in [2.24, 2.45) is 4.99 Å². The molecule has 0 bridgehead atoms. The number of hydrogen-bond donors (Lipinski definition) is 2. The van der Waals surface area contributed by atoms with Gasteiger partial charge in [-0.05, 0) is 18.6 Å². The normalized spacial score (nSPS) is 12.0. The molecular formula is C15H20F3IN4S2. The third-order valence-corrected chi connectivity index (χ3v) is 5.33. The number of aromatic nitrogens is 1. The van der Waals surface area contributed by atoms with Crippen LogP contribution in [0.5, 0.6) is 0 Å². The first-order valence-corrected chi connectivity index (χ1v) is 9.15. The standard InChI is InChI=1S/C15H19F3N4S2.HI/c1-3-10-4-5-11(24-10)8-21-14(19-2)20-7-6-13-22-12(9-23-13)15(16,17)18;/h4-5,9H,3,6-8H2,1-2H3,(H2,19,20,21);1H. The Morgan fingerprint density at radius 2 is 1.96 bits per heavy atom. The molecule has 0 aliphatic carbocycles. The van der Waals surface area contributed by atoms with Crippen molar-refractivity contribution in [2.75, 3.05) is 13.6 Å². The minimum atomic E-state index is -4.38. The van der Waals surface area contributed by atoms with Crippen LogP contribution >= 0.6 is 46.7 Å². The van der Waals surface area contributed by atoms with Crippen molar-refractivity contribution in [1.82, 2.24) is 15.6 Å². The number of guanidine groups is 1. The van der Waals surface area contributed by atoms with E-state index in [-0.39, 0.29) is 24.0 Å². The lowest BCUT2D eigenvalue weighted by Crippen LogP contribution is -2.37. The second kappa shape index (κ2) is 10.3. The maximum atomic E-state index is 12.5. The minimum absolute atomic E-state index is 0. The van der Waals surface area contributed by atoms with E-state index in [1.54, 1.807) is 18.4 Å². The number of rotatable bonds is 6. The van der Waals surface area contributed by atoms with Gasteiger partial charge in [-0.15, -0.1) is 46.7 Å². The van der Waals surface area contributed by atoms with Gasteiger partial charge in [-0.2, -0.15) is 13.2 Å². The molecule has 2 N–H and O–H groups in total. The van der Waals surface area contributed by atoms with Crippen molar-refractivity contribution in [2.45, 2.75) is 32.5 Å². The third-order valence-electron chi connectivity index (χ3n) is 3.19. The topological polar surface area (TPSA) is 49.3 Å². The van der Waals surface area contributed by atoms with Crippen LogP contribution in [0.3, 0.4) is 0 Å². The van der Waals surface area contributed by atoms with Gasteiger partial charge in [-0.1, -0.05) is 6.92 Å². The van der Waals surface area contributed by atoms with Crippen LogP contribution in [-0.2, 0) is 25.6 Å². The van der Waals surface area contributed by atoms with E-state index in [1.165, 1.54) is 9.75 Å². The summed E-state index contributed by atoms with van der Waals surface area (Å²) in [5.74, 6) is 0.619. The predicted octanol–water partition coefficient (Wildman–Crippen LogP) is 4.31. The van der Waals surface area contributed by atoms with E-state index in [0.29, 0.717) is 30.5 Å². The molecule has 0 atom stereocenters. The fraction of sp³-hybridized carbons (Fsp3) is 0.467. The molecule has 25 heavy (non-hydrogen) atoms. The highest BCUT2D eigenvalue weighted by Crippen LogP contribution is 2.29. The van der Waals surface area contributed by atoms with Crippen molar-refractivity contribution < 1.29 is 13.2 Å². The van der Waals surface area contributed by atoms with Gasteiger partial charge in [0.25, 0.3) is 0 Å². The number of nitrogens with zero attached hydrogens (tertiary/aromatic N) is 2. The number of thiophene rings is 1. The van der Waals surface area contributed by atoms with Gasteiger partial charge in [-0.3, -0.25) is 4.99 Å². The molecule has 4 nitrogen and oxygen atoms in total. The van der Waals surface area contributed by atoms with Gasteiger partial charge < -0.3 is 10.6 Å². The van der Waals surface area contributed by atoms with Crippen LogP contribution in [0, 0.1) is 0 Å². The van der Waals surface area contributed by atoms with E-state index < -0.39 is 11.9 Å². The highest BCUT2D eigenvalue weighted by atomic mass is 127. The van der Waals surface area contributed by atoms with Crippen molar-refractivity contribution in [3.05, 3.63) is 38.0 Å². The first-order chi connectivity index (χ1) is 11.4. The fourth-order valence-electron chi connectivity index (χ4n) is 1.94. The van der Waals surface area contributed by atoms with Crippen LogP contribution in [0.1, 0.15) is 27.4 Å². The smallest absolute Gasteiger partial charge is 0.356 e. The van der Waals surface area contributed by atoms with E-state index in [1.807, 2.05) is 0 Å². The molecule has 2 heterocycles. The molecule has 0 spiro atoms. The molecule has 0 aromatic carbocycles. The summed E-state index contributed by atoms with van der Waals surface area (Å²) in [6.45, 7) is 3.25. The fourth-order valence-corrected chi connectivity index (χ4v) is 3.65. The molecular weight excluding hydrogens is 484 g/mol. The monoisotopic (exact) mass is 504 g/mol. The zero-order chi connectivity index (χ0) is 17.6. The Hall–Kier alpha value is -0.880. The van der Waals surface area contributed by atoms with Crippen molar-refractivity contribution in [3.63, 3.8) is 0 Å². The minimum Gasteiger partial charge on any atom is -0.356 e. The molecule has 0 saturated heterocycles. The molecule has 0 aliphatic rings. The molecule has 140 valence electrons. The Morgan fingerprint density at radius 1 is 1.24 bits per heavy atom. The highest BCUT2D eigenvalue weighted by Gasteiger charge is 2.33. The SMILES string of the molecule is CCc1ccc(CNC(=NC)NCCc2nc(C(F)(F)F)cs2)s1.I. The van der Waals surface area contributed by atoms with E-state index in [0.717, 1.165) is 23.1 Å². The van der Waals surface area contributed by atoms with Crippen LogP contribution in [0.15, 0.2) is 22.5 Å². The van der Waals surface area contributed by atoms with Crippen molar-refractivity contribution in [3.8, 4) is 0 Å². The Labute approximate surface area is 170 Å². The summed E-state index contributed by atoms with van der Waals surface area (Å²) in [6.07, 6.45) is -2.94. The van der Waals surface area contributed by atoms with E-state index in [2.05, 4.69) is 39.7 Å². The molecule has 0 aliphatic heterocycles. The second-order valence-electron chi connectivity index (χ2n) is 4.95. The molecule has 10 heteroatoms. The van der Waals surface area contributed by atoms with Crippen LogP contribution in [0.4, 0.5) is 13.2 Å². The summed E-state index contributed by atoms with van der Waals surface area (Å²) in [5.41, 5.74) is -0.825. The molecule has 0 unspecified atom stereocenters. The van der Waals surface area contributed by atoms with Gasteiger partial charge in [0.1, 0.15) is 0 Å². The Bertz CT molecular complexity index is 682. The zero-order valence-electron chi connectivity index (χ0n) is 13.8. The molecule has 0 radical (unpaired) electrons. The summed E-state index contributed by atoms with van der Waals surface area (Å²) < 4.78 is 37.5. The average Bonchev–Trinajstić information content (AvgIpc) is 3.19. The van der Waals surface area contributed by atoms with Crippen molar-refractivity contribution >= 4 is 52.6 Å². The number of aliphatic imine (C=N–C) groups is 1. The van der Waals surface area contributed by atoms with Crippen LogP contribution < -0.4 is 10.6 Å². The van der Waals surface area contributed by atoms with E-state index in [9.17, 15) is 13.2 Å². The number of halogens is 4. The number of hydrogen-bond acceptors (Lipinski definition) is 4. The number of nitrogens with one attached hydrogen (secondary N) is 2. The molecule has 2 rings (SSSR count). The van der Waals surface area contributed by atoms with Crippen LogP contribution in [-0.4, -0.2) is 24.5 Å². The van der Waals surface area contributed by atoms with E-state index in [4.69, 9.17) is 0 Å². The molecule has 2 aromatic rings. The molecule has 0 amide bonds. The van der Waals surface area contributed by atoms with E-state index >= 15 is 0 Å². The number of alkyl halides is 3. The largest absolute Gasteiger partial charge is 0.434 e. The summed E-state index contributed by atoms with van der Waals surface area (Å²) in [5, 5.41) is 7.78. The van der Waals surface area contributed by atoms with Gasteiger partial charge in [-0.25, -0.2) is 4.98 Å². The highest BCUT2D eigenvalue weighted by molar-refractivity contribution is 14.0. The number of thiazole rings is 1. The lowest BCUT2D eigenvalue weighted by molar-refractivity contribution is -0.140. The lowest BCUT2D eigenvalue weighted by Gasteiger charge is -2.10. The van der Waals surface area contributed by atoms with Crippen LogP contribution in [0.25, 0.3) is 0 Å². The molecule has 2 aromatic heterocycles. The number of aryl methyl sites for hydroxylation is 1. The van der Waals surface area contributed by atoms with Crippen molar-refractivity contribution in [1.29, 1.82) is 0 Å². The summed E-state index contributed by atoms with van der Waals surface area (Å²) in [6, 6.07) is 4.19. The third kappa shape index (κ3) is 7.10. The Morgan fingerprint density at radius 3 is 2.52 bits per heavy atom. The maximum Gasteiger partial charge on any atom is 0.434 e. The second-order valence-corrected chi connectivity index (χ2v) is 7.14. The lowest BCUT2D eigenvalue weighted by atomic mass is 10.3. The predicted molar refractivity (Wildman–Crippen MR) is 108 cm³/mol. The Kier molecular flexibility index (Phi) is 9.14. The Balaban J connectivity index is 0.00000312. The van der Waals surface area contributed by atoms with Crippen LogP contribution in [0.2, 0.25) is 0 Å². The van der Waals surface area contributed by atoms with Gasteiger partial charge in [0, 0.05) is 35.1 Å². The van der Waals surface area contributed by atoms with Gasteiger partial charge in [0.05, 0.1) is 11.6 Å². The quantitative estimate of drug-likeness (QED) is 0.350. The summed E-state index contributed by atoms with van der Waals surface area (Å²) in [7, 11) is 1.66. The molecule has 0 fully saturated rings. The van der Waals surface area contributed by atoms with Gasteiger partial charge >= 0.3 is 6.18 Å². The summed E-state index contributed by atoms with van der Waals surface area (Å²) in [4.78, 5) is 10.3. The average molecular weight is 504 g/mol. The molecule has 0 saturated carbocycles. The summed E-state index contributed by atoms with van der Waals surface area (Å²) >= 11 is 2.77. The van der Waals surface area contributed by atoms with Gasteiger partial charge in [0.15, 0.2) is 11.7 Å². The maximum absolute atomic E-state index is 12.5. The first-order valence-electron chi connectivity index (χ1n) is 7.46. The first kappa shape index (κ1) is 22.2. The van der Waals surface area contributed by atoms with Gasteiger partial charge in [0.2, 0.25) is 0 Å². The zero-order valence-corrected chi connectivity index (χ0v) is 17.8.